The molecule has 0 aliphatic heterocycles. The molecule has 4 rings (SSSR count). The molecule has 0 radical (unpaired) electrons. The Kier molecular flexibility index (Phi) is 5.39. The number of rotatable bonds is 6. The molecule has 1 N–H and O–H groups in total. The van der Waals surface area contributed by atoms with Crippen molar-refractivity contribution in [3.63, 3.8) is 0 Å². The lowest BCUT2D eigenvalue weighted by atomic mass is 10.0. The monoisotopic (exact) mass is 370 g/mol. The standard InChI is InChI=1S/C22H26O3S/c23-18-14-19(16-7-3-1-4-8-16)25-22(24)21(18)20(13-15-11-12-15)26-17-9-5-2-6-10-17/h1,3-4,7-8,14-15,17,20,23H,2,5-6,9-13H2/t20-/m0/s1. The SMILES string of the molecule is O=c1oc(-c2ccccc2)cc(O)c1[C@H](CC1CC1)SC1CCCCC1. The molecule has 4 heteroatoms. The van der Waals surface area contributed by atoms with E-state index in [1.807, 2.05) is 42.1 Å². The van der Waals surface area contributed by atoms with E-state index in [4.69, 9.17) is 4.42 Å². The van der Waals surface area contributed by atoms with Crippen LogP contribution in [-0.4, -0.2) is 10.4 Å². The van der Waals surface area contributed by atoms with Gasteiger partial charge in [0.1, 0.15) is 11.5 Å². The minimum Gasteiger partial charge on any atom is -0.507 e. The van der Waals surface area contributed by atoms with Crippen molar-refractivity contribution >= 4 is 11.8 Å². The van der Waals surface area contributed by atoms with Crippen molar-refractivity contribution < 1.29 is 9.52 Å². The predicted molar refractivity (Wildman–Crippen MR) is 107 cm³/mol. The molecule has 1 atom stereocenters. The van der Waals surface area contributed by atoms with Gasteiger partial charge in [-0.25, -0.2) is 4.79 Å². The van der Waals surface area contributed by atoms with Gasteiger partial charge >= 0.3 is 5.63 Å². The van der Waals surface area contributed by atoms with E-state index in [2.05, 4.69) is 0 Å². The van der Waals surface area contributed by atoms with Crippen LogP contribution in [0.4, 0.5) is 0 Å². The molecule has 2 fully saturated rings. The van der Waals surface area contributed by atoms with Crippen LogP contribution in [0.2, 0.25) is 0 Å². The Hall–Kier alpha value is -1.68. The third-order valence-electron chi connectivity index (χ3n) is 5.50. The fourth-order valence-corrected chi connectivity index (χ4v) is 5.67. The predicted octanol–water partition coefficient (Wildman–Crippen LogP) is 5.92. The van der Waals surface area contributed by atoms with Crippen LogP contribution in [0.3, 0.4) is 0 Å². The molecule has 138 valence electrons. The lowest BCUT2D eigenvalue weighted by molar-refractivity contribution is 0.436. The quantitative estimate of drug-likeness (QED) is 0.686. The Morgan fingerprint density at radius 1 is 1.08 bits per heavy atom. The molecule has 2 saturated carbocycles. The zero-order chi connectivity index (χ0) is 17.9. The van der Waals surface area contributed by atoms with Gasteiger partial charge in [-0.1, -0.05) is 62.4 Å². The van der Waals surface area contributed by atoms with Gasteiger partial charge in [0.25, 0.3) is 0 Å². The van der Waals surface area contributed by atoms with Gasteiger partial charge in [0.2, 0.25) is 0 Å². The lowest BCUT2D eigenvalue weighted by Gasteiger charge is -2.26. The lowest BCUT2D eigenvalue weighted by Crippen LogP contribution is -2.16. The maximum Gasteiger partial charge on any atom is 0.344 e. The Morgan fingerprint density at radius 2 is 1.81 bits per heavy atom. The van der Waals surface area contributed by atoms with E-state index in [0.29, 0.717) is 22.5 Å². The molecule has 0 bridgehead atoms. The molecule has 3 nitrogen and oxygen atoms in total. The molecule has 2 aliphatic carbocycles. The van der Waals surface area contributed by atoms with Crippen LogP contribution < -0.4 is 5.63 Å². The van der Waals surface area contributed by atoms with Gasteiger partial charge in [0, 0.05) is 22.1 Å². The molecule has 2 aliphatic rings. The highest BCUT2D eigenvalue weighted by Crippen LogP contribution is 2.48. The minimum absolute atomic E-state index is 0.0478. The molecule has 0 spiro atoms. The Bertz CT molecular complexity index is 789. The minimum atomic E-state index is -0.377. The van der Waals surface area contributed by atoms with Crippen LogP contribution in [0.5, 0.6) is 5.75 Å². The van der Waals surface area contributed by atoms with Gasteiger partial charge in [-0.05, 0) is 25.2 Å². The summed E-state index contributed by atoms with van der Waals surface area (Å²) in [4.78, 5) is 12.8. The van der Waals surface area contributed by atoms with E-state index in [1.54, 1.807) is 6.07 Å². The summed E-state index contributed by atoms with van der Waals surface area (Å²) in [6, 6.07) is 11.1. The second-order valence-corrected chi connectivity index (χ2v) is 9.13. The fraction of sp³-hybridized carbons (Fsp3) is 0.500. The van der Waals surface area contributed by atoms with E-state index >= 15 is 0 Å². The van der Waals surface area contributed by atoms with Gasteiger partial charge in [-0.2, -0.15) is 0 Å². The molecule has 1 aromatic heterocycles. The second kappa shape index (κ2) is 7.91. The first-order valence-electron chi connectivity index (χ1n) is 9.78. The smallest absolute Gasteiger partial charge is 0.344 e. The van der Waals surface area contributed by atoms with Crippen molar-refractivity contribution in [2.75, 3.05) is 0 Å². The average Bonchev–Trinajstić information content (AvgIpc) is 3.47. The van der Waals surface area contributed by atoms with Crippen LogP contribution >= 0.6 is 11.8 Å². The summed E-state index contributed by atoms with van der Waals surface area (Å²) < 4.78 is 5.62. The molecular weight excluding hydrogens is 344 g/mol. The third-order valence-corrected chi connectivity index (χ3v) is 7.11. The summed E-state index contributed by atoms with van der Waals surface area (Å²) >= 11 is 1.90. The molecule has 1 heterocycles. The van der Waals surface area contributed by atoms with Gasteiger partial charge < -0.3 is 9.52 Å². The number of hydrogen-bond donors (Lipinski definition) is 1. The molecule has 0 unspecified atom stereocenters. The second-order valence-electron chi connectivity index (χ2n) is 7.63. The zero-order valence-electron chi connectivity index (χ0n) is 15.0. The molecular formula is C22H26O3S. The number of hydrogen-bond acceptors (Lipinski definition) is 4. The molecule has 0 amide bonds. The largest absolute Gasteiger partial charge is 0.507 e. The summed E-state index contributed by atoms with van der Waals surface area (Å²) in [5.74, 6) is 1.22. The van der Waals surface area contributed by atoms with Crippen molar-refractivity contribution in [3.05, 3.63) is 52.4 Å². The van der Waals surface area contributed by atoms with E-state index < -0.39 is 0 Å². The van der Waals surface area contributed by atoms with Gasteiger partial charge in [0.15, 0.2) is 0 Å². The Balaban J connectivity index is 1.63. The van der Waals surface area contributed by atoms with Crippen molar-refractivity contribution in [3.8, 4) is 17.1 Å². The number of thioether (sulfide) groups is 1. The summed E-state index contributed by atoms with van der Waals surface area (Å²) in [7, 11) is 0. The van der Waals surface area contributed by atoms with Crippen molar-refractivity contribution in [2.45, 2.75) is 61.9 Å². The van der Waals surface area contributed by atoms with E-state index in [0.717, 1.165) is 12.0 Å². The third kappa shape index (κ3) is 4.17. The molecule has 0 saturated heterocycles. The summed E-state index contributed by atoms with van der Waals surface area (Å²) in [6.07, 6.45) is 9.79. The van der Waals surface area contributed by atoms with Crippen LogP contribution in [0.25, 0.3) is 11.3 Å². The number of benzene rings is 1. The first kappa shape index (κ1) is 17.7. The van der Waals surface area contributed by atoms with Crippen LogP contribution in [0.1, 0.15) is 62.2 Å². The van der Waals surface area contributed by atoms with Crippen molar-refractivity contribution in [1.29, 1.82) is 0 Å². The van der Waals surface area contributed by atoms with Crippen LogP contribution in [0.15, 0.2) is 45.6 Å². The molecule has 26 heavy (non-hydrogen) atoms. The average molecular weight is 371 g/mol. The van der Waals surface area contributed by atoms with Crippen molar-refractivity contribution in [2.24, 2.45) is 5.92 Å². The van der Waals surface area contributed by atoms with Crippen molar-refractivity contribution in [1.82, 2.24) is 0 Å². The first-order chi connectivity index (χ1) is 12.7. The van der Waals surface area contributed by atoms with Gasteiger partial charge in [-0.3, -0.25) is 0 Å². The maximum atomic E-state index is 12.8. The highest BCUT2D eigenvalue weighted by Gasteiger charge is 2.32. The first-order valence-corrected chi connectivity index (χ1v) is 10.7. The highest BCUT2D eigenvalue weighted by atomic mass is 32.2. The van der Waals surface area contributed by atoms with Crippen LogP contribution in [0, 0.1) is 5.92 Å². The zero-order valence-corrected chi connectivity index (χ0v) is 15.8. The van der Waals surface area contributed by atoms with Gasteiger partial charge in [-0.15, -0.1) is 11.8 Å². The molecule has 1 aromatic carbocycles. The Labute approximate surface area is 158 Å². The van der Waals surface area contributed by atoms with E-state index in [1.165, 1.54) is 44.9 Å². The van der Waals surface area contributed by atoms with E-state index in [9.17, 15) is 9.90 Å². The van der Waals surface area contributed by atoms with Crippen LogP contribution in [-0.2, 0) is 0 Å². The normalized spacial score (nSPS) is 19.4. The van der Waals surface area contributed by atoms with Gasteiger partial charge in [0.05, 0.1) is 5.56 Å². The summed E-state index contributed by atoms with van der Waals surface area (Å²) in [5, 5.41) is 11.3. The van der Waals surface area contributed by atoms with E-state index in [-0.39, 0.29) is 16.6 Å². The number of aromatic hydroxyl groups is 1. The topological polar surface area (TPSA) is 50.4 Å². The Morgan fingerprint density at radius 3 is 2.46 bits per heavy atom. The fourth-order valence-electron chi connectivity index (χ4n) is 3.86. The molecule has 2 aromatic rings. The summed E-state index contributed by atoms with van der Waals surface area (Å²) in [6.45, 7) is 0. The summed E-state index contributed by atoms with van der Waals surface area (Å²) in [5.41, 5.74) is 0.912. The maximum absolute atomic E-state index is 12.8. The highest BCUT2D eigenvalue weighted by molar-refractivity contribution is 8.00.